The molecule has 2 rings (SSSR count). The number of thiocarbonyl (C=S) groups is 1. The molecule has 0 spiro atoms. The third kappa shape index (κ3) is 4.18. The van der Waals surface area contributed by atoms with Gasteiger partial charge in [-0.15, -0.1) is 0 Å². The Balaban J connectivity index is 1.85. The predicted molar refractivity (Wildman–Crippen MR) is 86.7 cm³/mol. The third-order valence-corrected chi connectivity index (χ3v) is 4.30. The van der Waals surface area contributed by atoms with E-state index < -0.39 is 0 Å². The first-order valence-corrected chi connectivity index (χ1v) is 7.99. The minimum atomic E-state index is -0.193. The first-order chi connectivity index (χ1) is 10.1. The summed E-state index contributed by atoms with van der Waals surface area (Å²) in [6.07, 6.45) is 0. The van der Waals surface area contributed by atoms with E-state index in [1.165, 1.54) is 16.7 Å². The van der Waals surface area contributed by atoms with E-state index in [-0.39, 0.29) is 11.8 Å². The van der Waals surface area contributed by atoms with Crippen LogP contribution in [-0.2, 0) is 4.79 Å². The number of amides is 2. The van der Waals surface area contributed by atoms with Crippen molar-refractivity contribution in [2.75, 3.05) is 25.4 Å². The molecule has 1 heterocycles. The van der Waals surface area contributed by atoms with Gasteiger partial charge in [-0.25, -0.2) is 0 Å². The Morgan fingerprint density at radius 2 is 2.33 bits per heavy atom. The van der Waals surface area contributed by atoms with Crippen molar-refractivity contribution < 1.29 is 14.3 Å². The van der Waals surface area contributed by atoms with Crippen LogP contribution in [0.2, 0.25) is 0 Å². The second kappa shape index (κ2) is 7.42. The molecule has 5 nitrogen and oxygen atoms in total. The number of ether oxygens (including phenoxy) is 1. The molecule has 0 aromatic heterocycles. The lowest BCUT2D eigenvalue weighted by atomic mass is 10.2. The Morgan fingerprint density at radius 3 is 3.00 bits per heavy atom. The van der Waals surface area contributed by atoms with Crippen LogP contribution < -0.4 is 10.1 Å². The Bertz CT molecular complexity index is 547. The lowest BCUT2D eigenvalue weighted by molar-refractivity contribution is -0.123. The molecule has 0 bridgehead atoms. The molecular weight excluding hydrogens is 308 g/mol. The second-order valence-corrected chi connectivity index (χ2v) is 5.93. The van der Waals surface area contributed by atoms with E-state index in [0.29, 0.717) is 41.1 Å². The number of hydrogen-bond donors (Lipinski definition) is 1. The van der Waals surface area contributed by atoms with Gasteiger partial charge in [0, 0.05) is 18.7 Å². The molecule has 1 aliphatic rings. The van der Waals surface area contributed by atoms with Crippen LogP contribution >= 0.6 is 24.0 Å². The zero-order chi connectivity index (χ0) is 15.2. The van der Waals surface area contributed by atoms with Gasteiger partial charge in [0.2, 0.25) is 5.91 Å². The van der Waals surface area contributed by atoms with Gasteiger partial charge in [-0.05, 0) is 25.1 Å². The fourth-order valence-electron chi connectivity index (χ4n) is 1.87. The van der Waals surface area contributed by atoms with Crippen LogP contribution in [0.25, 0.3) is 0 Å². The van der Waals surface area contributed by atoms with Crippen molar-refractivity contribution in [2.24, 2.45) is 0 Å². The molecule has 1 aromatic rings. The summed E-state index contributed by atoms with van der Waals surface area (Å²) in [6.45, 7) is 3.21. The quantitative estimate of drug-likeness (QED) is 0.807. The van der Waals surface area contributed by atoms with Gasteiger partial charge >= 0.3 is 0 Å². The Labute approximate surface area is 133 Å². The molecule has 7 heteroatoms. The fraction of sp³-hybridized carbons (Fsp3) is 0.357. The molecule has 0 aliphatic carbocycles. The van der Waals surface area contributed by atoms with Crippen LogP contribution in [0.15, 0.2) is 24.3 Å². The van der Waals surface area contributed by atoms with E-state index in [9.17, 15) is 9.59 Å². The maximum Gasteiger partial charge on any atom is 0.251 e. The summed E-state index contributed by atoms with van der Waals surface area (Å²) in [5.41, 5.74) is 0.533. The first-order valence-electron chi connectivity index (χ1n) is 6.60. The zero-order valence-electron chi connectivity index (χ0n) is 11.6. The van der Waals surface area contributed by atoms with Gasteiger partial charge in [0.25, 0.3) is 5.91 Å². The van der Waals surface area contributed by atoms with E-state index in [1.807, 2.05) is 6.92 Å². The smallest absolute Gasteiger partial charge is 0.251 e. The third-order valence-electron chi connectivity index (χ3n) is 2.87. The van der Waals surface area contributed by atoms with Gasteiger partial charge < -0.3 is 10.1 Å². The summed E-state index contributed by atoms with van der Waals surface area (Å²) in [5.74, 6) is 0.861. The van der Waals surface area contributed by atoms with E-state index in [4.69, 9.17) is 17.0 Å². The summed E-state index contributed by atoms with van der Waals surface area (Å²) in [6, 6.07) is 6.99. The van der Waals surface area contributed by atoms with Crippen molar-refractivity contribution in [1.29, 1.82) is 0 Å². The van der Waals surface area contributed by atoms with Crippen LogP contribution in [0.3, 0.4) is 0 Å². The number of carbonyl (C=O) groups is 2. The Morgan fingerprint density at radius 1 is 1.52 bits per heavy atom. The molecule has 112 valence electrons. The number of nitrogens with zero attached hydrogens (tertiary/aromatic N) is 1. The highest BCUT2D eigenvalue weighted by molar-refractivity contribution is 8.23. The van der Waals surface area contributed by atoms with Gasteiger partial charge in [-0.1, -0.05) is 30.0 Å². The van der Waals surface area contributed by atoms with Gasteiger partial charge in [0.15, 0.2) is 0 Å². The molecule has 0 radical (unpaired) electrons. The number of benzene rings is 1. The van der Waals surface area contributed by atoms with Crippen molar-refractivity contribution in [3.63, 3.8) is 0 Å². The molecule has 0 saturated carbocycles. The van der Waals surface area contributed by atoms with Crippen molar-refractivity contribution in [1.82, 2.24) is 10.2 Å². The molecule has 1 aromatic carbocycles. The first kappa shape index (κ1) is 15.8. The normalized spacial score (nSPS) is 14.4. The average Bonchev–Trinajstić information content (AvgIpc) is 2.79. The zero-order valence-corrected chi connectivity index (χ0v) is 13.3. The standard InChI is InChI=1S/C14H16N2O3S2/c1-2-19-11-5-3-4-10(8-11)13(18)15-6-7-16-12(17)9-21-14(16)20/h3-5,8H,2,6-7,9H2,1H3,(H,15,18). The second-order valence-electron chi connectivity index (χ2n) is 4.32. The van der Waals surface area contributed by atoms with Crippen LogP contribution in [0, 0.1) is 0 Å². The highest BCUT2D eigenvalue weighted by Gasteiger charge is 2.25. The number of carbonyl (C=O) groups excluding carboxylic acids is 2. The Kier molecular flexibility index (Phi) is 5.58. The summed E-state index contributed by atoms with van der Waals surface area (Å²) in [4.78, 5) is 25.1. The van der Waals surface area contributed by atoms with E-state index in [2.05, 4.69) is 5.32 Å². The average molecular weight is 324 g/mol. The highest BCUT2D eigenvalue weighted by atomic mass is 32.2. The van der Waals surface area contributed by atoms with E-state index in [1.54, 1.807) is 24.3 Å². The van der Waals surface area contributed by atoms with Gasteiger partial charge in [0.1, 0.15) is 10.1 Å². The SMILES string of the molecule is CCOc1cccc(C(=O)NCCN2C(=O)CSC2=S)c1. The summed E-state index contributed by atoms with van der Waals surface area (Å²) in [7, 11) is 0. The molecule has 0 atom stereocenters. The minimum Gasteiger partial charge on any atom is -0.494 e. The largest absolute Gasteiger partial charge is 0.494 e. The van der Waals surface area contributed by atoms with Gasteiger partial charge in [-0.2, -0.15) is 0 Å². The molecule has 1 saturated heterocycles. The fourth-order valence-corrected chi connectivity index (χ4v) is 3.00. The summed E-state index contributed by atoms with van der Waals surface area (Å²) < 4.78 is 5.93. The molecule has 1 N–H and O–H groups in total. The van der Waals surface area contributed by atoms with Crippen LogP contribution in [0.1, 0.15) is 17.3 Å². The lowest BCUT2D eigenvalue weighted by Crippen LogP contribution is -2.37. The maximum atomic E-state index is 12.0. The lowest BCUT2D eigenvalue weighted by Gasteiger charge is -2.15. The Hall–Kier alpha value is -1.60. The maximum absolute atomic E-state index is 12.0. The number of rotatable bonds is 6. The van der Waals surface area contributed by atoms with Crippen molar-refractivity contribution >= 4 is 40.1 Å². The molecule has 21 heavy (non-hydrogen) atoms. The van der Waals surface area contributed by atoms with Gasteiger partial charge in [0.05, 0.1) is 12.4 Å². The monoisotopic (exact) mass is 324 g/mol. The van der Waals surface area contributed by atoms with E-state index in [0.717, 1.165) is 0 Å². The van der Waals surface area contributed by atoms with E-state index >= 15 is 0 Å². The van der Waals surface area contributed by atoms with Crippen LogP contribution in [0.5, 0.6) is 5.75 Å². The number of thioether (sulfide) groups is 1. The highest BCUT2D eigenvalue weighted by Crippen LogP contribution is 2.18. The number of hydrogen-bond acceptors (Lipinski definition) is 5. The molecule has 0 unspecified atom stereocenters. The number of nitrogens with one attached hydrogen (secondary N) is 1. The predicted octanol–water partition coefficient (Wildman–Crippen LogP) is 1.68. The summed E-state index contributed by atoms with van der Waals surface area (Å²) >= 11 is 6.43. The molecule has 2 amide bonds. The van der Waals surface area contributed by atoms with Gasteiger partial charge in [-0.3, -0.25) is 14.5 Å². The topological polar surface area (TPSA) is 58.6 Å². The van der Waals surface area contributed by atoms with Crippen LogP contribution in [0.4, 0.5) is 0 Å². The molecule has 1 fully saturated rings. The molecule has 1 aliphatic heterocycles. The minimum absolute atomic E-state index is 0.00223. The van der Waals surface area contributed by atoms with Crippen molar-refractivity contribution in [2.45, 2.75) is 6.92 Å². The van der Waals surface area contributed by atoms with Crippen LogP contribution in [-0.4, -0.2) is 46.5 Å². The van der Waals surface area contributed by atoms with Crippen molar-refractivity contribution in [3.8, 4) is 5.75 Å². The summed E-state index contributed by atoms with van der Waals surface area (Å²) in [5, 5.41) is 2.78. The van der Waals surface area contributed by atoms with Crippen molar-refractivity contribution in [3.05, 3.63) is 29.8 Å². The molecular formula is C14H16N2O3S2.